The quantitative estimate of drug-likeness (QED) is 0.799. The molecule has 0 amide bonds. The summed E-state index contributed by atoms with van der Waals surface area (Å²) in [5, 5.41) is 0. The minimum Gasteiger partial charge on any atom is -0.327 e. The minimum atomic E-state index is -0.733. The molecule has 1 unspecified atom stereocenters. The Morgan fingerprint density at radius 2 is 1.88 bits per heavy atom. The Kier molecular flexibility index (Phi) is 3.01. The second kappa shape index (κ2) is 4.29. The van der Waals surface area contributed by atoms with Gasteiger partial charge < -0.3 is 5.73 Å². The Morgan fingerprint density at radius 3 is 2.38 bits per heavy atom. The van der Waals surface area contributed by atoms with Gasteiger partial charge >= 0.3 is 0 Å². The summed E-state index contributed by atoms with van der Waals surface area (Å²) in [6.45, 7) is 0. The number of nitrogens with two attached hydrogens (primary N) is 1. The summed E-state index contributed by atoms with van der Waals surface area (Å²) in [5.41, 5.74) is 5.85. The van der Waals surface area contributed by atoms with Crippen LogP contribution in [0.2, 0.25) is 0 Å². The number of rotatable bonds is 4. The molecule has 1 aliphatic carbocycles. The zero-order valence-electron chi connectivity index (χ0n) is 8.75. The van der Waals surface area contributed by atoms with Gasteiger partial charge in [0.05, 0.1) is 0 Å². The lowest BCUT2D eigenvalue weighted by atomic mass is 10.0. The summed E-state index contributed by atoms with van der Waals surface area (Å²) in [4.78, 5) is 11.7. The first kappa shape index (κ1) is 11.2. The number of ketones is 1. The predicted molar refractivity (Wildman–Crippen MR) is 56.0 cm³/mol. The maximum atomic E-state index is 12.9. The van der Waals surface area contributed by atoms with Crippen molar-refractivity contribution >= 4 is 5.78 Å². The molecule has 2 rings (SSSR count). The van der Waals surface area contributed by atoms with E-state index in [1.54, 1.807) is 0 Å². The highest BCUT2D eigenvalue weighted by Crippen LogP contribution is 2.33. The van der Waals surface area contributed by atoms with Gasteiger partial charge in [-0.3, -0.25) is 4.79 Å². The fraction of sp³-hybridized carbons (Fsp3) is 0.417. The Balaban J connectivity index is 2.07. The molecular formula is C12H13F2NO. The van der Waals surface area contributed by atoms with Crippen molar-refractivity contribution in [1.29, 1.82) is 0 Å². The summed E-state index contributed by atoms with van der Waals surface area (Å²) in [5.74, 6) is -1.35. The van der Waals surface area contributed by atoms with Gasteiger partial charge in [-0.1, -0.05) is 0 Å². The zero-order chi connectivity index (χ0) is 11.7. The van der Waals surface area contributed by atoms with Crippen molar-refractivity contribution in [2.45, 2.75) is 25.3 Å². The van der Waals surface area contributed by atoms with Crippen LogP contribution >= 0.6 is 0 Å². The molecule has 1 saturated carbocycles. The van der Waals surface area contributed by atoms with Gasteiger partial charge in [-0.2, -0.15) is 0 Å². The topological polar surface area (TPSA) is 43.1 Å². The lowest BCUT2D eigenvalue weighted by Crippen LogP contribution is -2.26. The van der Waals surface area contributed by atoms with E-state index < -0.39 is 11.6 Å². The predicted octanol–water partition coefficient (Wildman–Crippen LogP) is 2.27. The third-order valence-corrected chi connectivity index (χ3v) is 2.83. The van der Waals surface area contributed by atoms with Crippen molar-refractivity contribution in [3.8, 4) is 0 Å². The molecule has 86 valence electrons. The van der Waals surface area contributed by atoms with E-state index in [-0.39, 0.29) is 23.8 Å². The molecule has 0 spiro atoms. The van der Waals surface area contributed by atoms with Crippen molar-refractivity contribution in [3.05, 3.63) is 35.4 Å². The van der Waals surface area contributed by atoms with Crippen molar-refractivity contribution < 1.29 is 13.6 Å². The first-order valence-electron chi connectivity index (χ1n) is 5.31. The van der Waals surface area contributed by atoms with Crippen LogP contribution < -0.4 is 5.73 Å². The maximum absolute atomic E-state index is 12.9. The molecule has 1 aliphatic rings. The van der Waals surface area contributed by atoms with Crippen molar-refractivity contribution in [3.63, 3.8) is 0 Å². The molecule has 16 heavy (non-hydrogen) atoms. The molecule has 2 N–H and O–H groups in total. The van der Waals surface area contributed by atoms with Gasteiger partial charge in [-0.15, -0.1) is 0 Å². The van der Waals surface area contributed by atoms with Crippen LogP contribution in [0.1, 0.15) is 29.6 Å². The van der Waals surface area contributed by atoms with Gasteiger partial charge in [0.25, 0.3) is 0 Å². The van der Waals surface area contributed by atoms with Gasteiger partial charge in [0.1, 0.15) is 11.6 Å². The summed E-state index contributed by atoms with van der Waals surface area (Å²) < 4.78 is 25.7. The van der Waals surface area contributed by atoms with Gasteiger partial charge in [-0.25, -0.2) is 8.78 Å². The fourth-order valence-corrected chi connectivity index (χ4v) is 1.74. The summed E-state index contributed by atoms with van der Waals surface area (Å²) in [6.07, 6.45) is 2.26. The summed E-state index contributed by atoms with van der Waals surface area (Å²) in [6, 6.07) is 2.66. The molecule has 1 atom stereocenters. The number of halogens is 2. The Hall–Kier alpha value is -1.29. The highest BCUT2D eigenvalue weighted by atomic mass is 19.1. The van der Waals surface area contributed by atoms with E-state index >= 15 is 0 Å². The Morgan fingerprint density at radius 1 is 1.31 bits per heavy atom. The number of hydrogen-bond donors (Lipinski definition) is 1. The van der Waals surface area contributed by atoms with Gasteiger partial charge in [-0.05, 0) is 30.9 Å². The van der Waals surface area contributed by atoms with Crippen LogP contribution in [0.4, 0.5) is 8.78 Å². The largest absolute Gasteiger partial charge is 0.327 e. The molecule has 0 saturated heterocycles. The van der Waals surface area contributed by atoms with E-state index in [9.17, 15) is 13.6 Å². The number of benzene rings is 1. The van der Waals surface area contributed by atoms with Crippen molar-refractivity contribution in [2.24, 2.45) is 11.7 Å². The molecule has 0 radical (unpaired) electrons. The number of carbonyl (C=O) groups excluding carboxylic acids is 1. The monoisotopic (exact) mass is 225 g/mol. The van der Waals surface area contributed by atoms with E-state index in [4.69, 9.17) is 5.73 Å². The summed E-state index contributed by atoms with van der Waals surface area (Å²) in [7, 11) is 0. The highest BCUT2D eigenvalue weighted by molar-refractivity contribution is 5.96. The Labute approximate surface area is 92.4 Å². The standard InChI is InChI=1S/C12H13F2NO/c13-9-3-8(4-10(14)5-9)12(16)6-11(15)7-1-2-7/h3-5,7,11H,1-2,6,15H2. The smallest absolute Gasteiger partial charge is 0.164 e. The first-order valence-corrected chi connectivity index (χ1v) is 5.31. The molecule has 0 heterocycles. The summed E-state index contributed by atoms with van der Waals surface area (Å²) >= 11 is 0. The number of hydrogen-bond acceptors (Lipinski definition) is 2. The maximum Gasteiger partial charge on any atom is 0.164 e. The third kappa shape index (κ3) is 2.64. The van der Waals surface area contributed by atoms with Crippen LogP contribution in [0.15, 0.2) is 18.2 Å². The molecule has 1 aromatic rings. The van der Waals surface area contributed by atoms with Gasteiger partial charge in [0, 0.05) is 24.1 Å². The van der Waals surface area contributed by atoms with E-state index in [0.717, 1.165) is 31.0 Å². The molecule has 0 bridgehead atoms. The third-order valence-electron chi connectivity index (χ3n) is 2.83. The molecule has 0 aliphatic heterocycles. The van der Waals surface area contributed by atoms with Crippen molar-refractivity contribution in [1.82, 2.24) is 0 Å². The van der Waals surface area contributed by atoms with Gasteiger partial charge in [0.15, 0.2) is 5.78 Å². The SMILES string of the molecule is NC(CC(=O)c1cc(F)cc(F)c1)C1CC1. The second-order valence-electron chi connectivity index (χ2n) is 4.29. The molecule has 1 aromatic carbocycles. The second-order valence-corrected chi connectivity index (χ2v) is 4.29. The Bertz CT molecular complexity index is 395. The van der Waals surface area contributed by atoms with Crippen LogP contribution in [0.25, 0.3) is 0 Å². The van der Waals surface area contributed by atoms with Crippen LogP contribution in [-0.4, -0.2) is 11.8 Å². The molecular weight excluding hydrogens is 212 g/mol. The first-order chi connectivity index (χ1) is 7.56. The average Bonchev–Trinajstić information content (AvgIpc) is 2.98. The number of carbonyl (C=O) groups is 1. The van der Waals surface area contributed by atoms with Crippen molar-refractivity contribution in [2.75, 3.05) is 0 Å². The van der Waals surface area contributed by atoms with Crippen LogP contribution in [0.3, 0.4) is 0 Å². The normalized spacial score (nSPS) is 17.2. The molecule has 0 aromatic heterocycles. The van der Waals surface area contributed by atoms with Crippen LogP contribution in [-0.2, 0) is 0 Å². The highest BCUT2D eigenvalue weighted by Gasteiger charge is 2.30. The lowest BCUT2D eigenvalue weighted by molar-refractivity contribution is 0.0970. The number of Topliss-reactive ketones (excluding diaryl/α,β-unsaturated/α-hetero) is 1. The van der Waals surface area contributed by atoms with E-state index in [1.165, 1.54) is 0 Å². The van der Waals surface area contributed by atoms with Gasteiger partial charge in [0.2, 0.25) is 0 Å². The minimum absolute atomic E-state index is 0.0635. The molecule has 2 nitrogen and oxygen atoms in total. The molecule has 4 heteroatoms. The lowest BCUT2D eigenvalue weighted by Gasteiger charge is -2.08. The van der Waals surface area contributed by atoms with Crippen LogP contribution in [0.5, 0.6) is 0 Å². The zero-order valence-corrected chi connectivity index (χ0v) is 8.75. The fourth-order valence-electron chi connectivity index (χ4n) is 1.74. The average molecular weight is 225 g/mol. The van der Waals surface area contributed by atoms with E-state index in [1.807, 2.05) is 0 Å². The van der Waals surface area contributed by atoms with E-state index in [2.05, 4.69) is 0 Å². The van der Waals surface area contributed by atoms with E-state index in [0.29, 0.717) is 5.92 Å². The molecule has 1 fully saturated rings. The van der Waals surface area contributed by atoms with Crippen LogP contribution in [0, 0.1) is 17.6 Å².